The first-order chi connectivity index (χ1) is 30.9. The van der Waals surface area contributed by atoms with Gasteiger partial charge in [-0.05, 0) is 90.3 Å². The molecule has 2 aromatic heterocycles. The van der Waals surface area contributed by atoms with Crippen molar-refractivity contribution in [1.29, 1.82) is 0 Å². The highest BCUT2D eigenvalue weighted by Gasteiger charge is 2.38. The van der Waals surface area contributed by atoms with E-state index in [0.29, 0.717) is 42.4 Å². The molecule has 2 aliphatic heterocycles. The lowest BCUT2D eigenvalue weighted by Gasteiger charge is -2.30. The number of H-pyrrole nitrogens is 2. The summed E-state index contributed by atoms with van der Waals surface area (Å²) in [5, 5.41) is 5.40. The Kier molecular flexibility index (Phi) is 14.0. The van der Waals surface area contributed by atoms with Gasteiger partial charge in [-0.15, -0.1) is 0 Å². The van der Waals surface area contributed by atoms with Crippen LogP contribution in [0.2, 0.25) is 0 Å². The molecule has 4 heterocycles. The lowest BCUT2D eigenvalue weighted by Crippen LogP contribution is -2.51. The number of nitrogens with zero attached hydrogens (tertiary/aromatic N) is 5. The molecule has 64 heavy (non-hydrogen) atoms. The van der Waals surface area contributed by atoms with Crippen LogP contribution in [-0.4, -0.2) is 101 Å². The molecule has 7 rings (SSSR count). The number of methoxy groups -OCH3 is 2. The van der Waals surface area contributed by atoms with Gasteiger partial charge in [0.1, 0.15) is 29.4 Å². The van der Waals surface area contributed by atoms with Gasteiger partial charge < -0.3 is 44.8 Å². The van der Waals surface area contributed by atoms with Crippen molar-refractivity contribution >= 4 is 29.7 Å². The van der Waals surface area contributed by atoms with E-state index < -0.39 is 24.3 Å². The first kappa shape index (κ1) is 44.5. The maximum absolute atomic E-state index is 13.9. The van der Waals surface area contributed by atoms with Crippen LogP contribution in [0.1, 0.15) is 86.1 Å². The van der Waals surface area contributed by atoms with Gasteiger partial charge in [-0.3, -0.25) is 9.59 Å². The molecule has 15 heteroatoms. The van der Waals surface area contributed by atoms with E-state index in [4.69, 9.17) is 14.5 Å². The van der Waals surface area contributed by atoms with Crippen molar-refractivity contribution in [2.24, 2.45) is 5.92 Å². The second-order valence-electron chi connectivity index (χ2n) is 16.3. The number of aromatic nitrogens is 4. The molecule has 5 aromatic rings. The SMILES string of the molecule is COC(=O)N[C@H](C(=O)N1CCC[C@H]1c1ncc(-c2ccc(C#CC#Cc3cnc([C@@H]4CCCN4C(=O)[C@H](NC(=O)OC)c4ccccc4)[nH]3)c(-c3ccc(N(C)C)cc3)c2)[nH]1)C(C)C. The number of benzene rings is 3. The van der Waals surface area contributed by atoms with Gasteiger partial charge in [-0.25, -0.2) is 19.6 Å². The summed E-state index contributed by atoms with van der Waals surface area (Å²) >= 11 is 0. The third kappa shape index (κ3) is 10.1. The normalized spacial score (nSPS) is 16.5. The number of hydrogen-bond acceptors (Lipinski definition) is 9. The molecule has 3 aromatic carbocycles. The van der Waals surface area contributed by atoms with E-state index in [1.807, 2.05) is 63.2 Å². The first-order valence-electron chi connectivity index (χ1n) is 21.3. The van der Waals surface area contributed by atoms with Crippen molar-refractivity contribution in [2.75, 3.05) is 46.3 Å². The summed E-state index contributed by atoms with van der Waals surface area (Å²) in [6, 6.07) is 21.1. The van der Waals surface area contributed by atoms with Crippen molar-refractivity contribution in [3.05, 3.63) is 114 Å². The molecule has 0 spiro atoms. The van der Waals surface area contributed by atoms with Crippen molar-refractivity contribution in [3.63, 3.8) is 0 Å². The van der Waals surface area contributed by atoms with Gasteiger partial charge in [-0.2, -0.15) is 0 Å². The maximum Gasteiger partial charge on any atom is 0.407 e. The lowest BCUT2D eigenvalue weighted by molar-refractivity contribution is -0.135. The minimum Gasteiger partial charge on any atom is -0.453 e. The zero-order valence-corrected chi connectivity index (χ0v) is 36.9. The third-order valence-corrected chi connectivity index (χ3v) is 11.6. The van der Waals surface area contributed by atoms with Crippen LogP contribution < -0.4 is 15.5 Å². The van der Waals surface area contributed by atoms with Gasteiger partial charge in [-0.1, -0.05) is 68.3 Å². The van der Waals surface area contributed by atoms with Crippen molar-refractivity contribution in [1.82, 2.24) is 40.4 Å². The fraction of sp³-hybridized carbons (Fsp3) is 0.347. The molecule has 0 aliphatic carbocycles. The molecule has 2 saturated heterocycles. The van der Waals surface area contributed by atoms with E-state index >= 15 is 0 Å². The number of hydrogen-bond donors (Lipinski definition) is 4. The van der Waals surface area contributed by atoms with Crippen molar-refractivity contribution in [2.45, 2.75) is 63.7 Å². The summed E-state index contributed by atoms with van der Waals surface area (Å²) < 4.78 is 9.61. The number of carbonyl (C=O) groups is 4. The predicted molar refractivity (Wildman–Crippen MR) is 242 cm³/mol. The largest absolute Gasteiger partial charge is 0.453 e. The third-order valence-electron chi connectivity index (χ3n) is 11.6. The van der Waals surface area contributed by atoms with Gasteiger partial charge in [0.2, 0.25) is 5.91 Å². The maximum atomic E-state index is 13.9. The molecule has 2 aliphatic rings. The van der Waals surface area contributed by atoms with E-state index in [9.17, 15) is 19.2 Å². The second-order valence-corrected chi connectivity index (χ2v) is 16.3. The van der Waals surface area contributed by atoms with E-state index in [1.165, 1.54) is 14.2 Å². The van der Waals surface area contributed by atoms with Gasteiger partial charge in [0.05, 0.1) is 44.4 Å². The Morgan fingerprint density at radius 3 is 2.02 bits per heavy atom. The Balaban J connectivity index is 1.11. The number of nitrogens with one attached hydrogen (secondary N) is 4. The number of carbonyl (C=O) groups excluding carboxylic acids is 4. The molecule has 330 valence electrons. The topological polar surface area (TPSA) is 178 Å². The number of rotatable bonds is 11. The molecule has 4 N–H and O–H groups in total. The van der Waals surface area contributed by atoms with Crippen LogP contribution in [0.3, 0.4) is 0 Å². The average molecular weight is 864 g/mol. The average Bonchev–Trinajstić information content (AvgIpc) is 4.16. The highest BCUT2D eigenvalue weighted by Crippen LogP contribution is 2.36. The molecule has 4 amide bonds. The molecule has 0 unspecified atom stereocenters. The van der Waals surface area contributed by atoms with Crippen LogP contribution in [0.15, 0.2) is 85.2 Å². The van der Waals surface area contributed by atoms with Crippen LogP contribution >= 0.6 is 0 Å². The molecular formula is C49H53N9O6. The Labute approximate surface area is 373 Å². The number of likely N-dealkylation sites (tertiary alicyclic amines) is 2. The fourth-order valence-electron chi connectivity index (χ4n) is 8.20. The predicted octanol–water partition coefficient (Wildman–Crippen LogP) is 6.74. The Morgan fingerprint density at radius 2 is 1.36 bits per heavy atom. The first-order valence-corrected chi connectivity index (χ1v) is 21.3. The number of ether oxygens (including phenoxy) is 2. The quantitative estimate of drug-likeness (QED) is 0.105. The van der Waals surface area contributed by atoms with E-state index in [0.717, 1.165) is 52.9 Å². The number of imidazole rings is 2. The molecule has 4 atom stereocenters. The van der Waals surface area contributed by atoms with Crippen LogP contribution in [0.4, 0.5) is 15.3 Å². The molecule has 0 bridgehead atoms. The highest BCUT2D eigenvalue weighted by molar-refractivity contribution is 5.88. The standard InChI is InChI=1S/C49H53N9O6/c1-31(2)42(54-48(61)63-5)46(59)57-26-13-19-41(57)45-51-30-39(53-45)35-21-20-32(38(28-35)33-22-24-37(25-23-33)56(3)4)14-10-11-17-36-29-50-44(52-36)40-18-12-27-58(40)47(60)43(55-49(62)64-6)34-15-8-7-9-16-34/h7-9,15-16,20-25,28-31,40-43H,12-13,18-19,26-27H2,1-6H3,(H,50,52)(H,51,53)(H,54,61)(H,55,62)/t40-,41-,42-,43+/m0/s1. The van der Waals surface area contributed by atoms with Crippen molar-refractivity contribution < 1.29 is 28.7 Å². The van der Waals surface area contributed by atoms with Gasteiger partial charge in [0, 0.05) is 44.0 Å². The second kappa shape index (κ2) is 20.1. The van der Waals surface area contributed by atoms with E-state index in [2.05, 4.69) is 79.6 Å². The summed E-state index contributed by atoms with van der Waals surface area (Å²) in [5.74, 6) is 13.1. The van der Waals surface area contributed by atoms with Gasteiger partial charge in [0.25, 0.3) is 5.91 Å². The summed E-state index contributed by atoms with van der Waals surface area (Å²) in [6.07, 6.45) is 5.12. The van der Waals surface area contributed by atoms with Gasteiger partial charge in [0.15, 0.2) is 0 Å². The fourth-order valence-corrected chi connectivity index (χ4v) is 8.20. The Morgan fingerprint density at radius 1 is 0.750 bits per heavy atom. The molecule has 2 fully saturated rings. The highest BCUT2D eigenvalue weighted by atomic mass is 16.5. The Hall–Kier alpha value is -7.52. The zero-order valence-electron chi connectivity index (χ0n) is 36.9. The lowest BCUT2D eigenvalue weighted by atomic mass is 9.96. The monoisotopic (exact) mass is 863 g/mol. The number of amides is 4. The summed E-state index contributed by atoms with van der Waals surface area (Å²) in [5.41, 5.74) is 6.62. The Bertz CT molecular complexity index is 2600. The van der Waals surface area contributed by atoms with Crippen LogP contribution in [0.25, 0.3) is 22.4 Å². The number of anilines is 1. The van der Waals surface area contributed by atoms with Crippen LogP contribution in [0, 0.1) is 29.6 Å². The molecular weight excluding hydrogens is 811 g/mol. The number of alkyl carbamates (subject to hydrolysis) is 2. The van der Waals surface area contributed by atoms with Crippen LogP contribution in [0.5, 0.6) is 0 Å². The summed E-state index contributed by atoms with van der Waals surface area (Å²) in [4.78, 5) is 73.6. The smallest absolute Gasteiger partial charge is 0.407 e. The van der Waals surface area contributed by atoms with E-state index in [-0.39, 0.29) is 29.8 Å². The zero-order chi connectivity index (χ0) is 45.3. The van der Waals surface area contributed by atoms with Gasteiger partial charge >= 0.3 is 12.2 Å². The molecule has 15 nitrogen and oxygen atoms in total. The summed E-state index contributed by atoms with van der Waals surface area (Å²) in [7, 11) is 6.54. The van der Waals surface area contributed by atoms with E-state index in [1.54, 1.807) is 34.3 Å². The minimum atomic E-state index is -0.914. The summed E-state index contributed by atoms with van der Waals surface area (Å²) in [6.45, 7) is 4.86. The molecule has 0 radical (unpaired) electrons. The number of aromatic amines is 2. The molecule has 0 saturated carbocycles. The minimum absolute atomic E-state index is 0.137. The van der Waals surface area contributed by atoms with Crippen molar-refractivity contribution in [3.8, 4) is 46.1 Å². The van der Waals surface area contributed by atoms with Crippen LogP contribution in [-0.2, 0) is 19.1 Å².